The molecule has 2 unspecified atom stereocenters. The molecule has 0 radical (unpaired) electrons. The molecule has 2 atom stereocenters. The van der Waals surface area contributed by atoms with Crippen molar-refractivity contribution in [3.8, 4) is 0 Å². The van der Waals surface area contributed by atoms with Gasteiger partial charge in [-0.1, -0.05) is 25.1 Å². The minimum atomic E-state index is 0.607. The molecule has 1 saturated carbocycles. The molecule has 3 rings (SSSR count). The van der Waals surface area contributed by atoms with Gasteiger partial charge in [-0.05, 0) is 37.3 Å². The standard InChI is InChI=1S/C17H24N4/c1-3-18-17(21-16-10-12(16)2)19-9-8-13-11-20-15-7-5-4-6-14(13)15/h4-7,11-12,16,20H,3,8-10H2,1-2H3,(H2,18,19,21). The number of aromatic amines is 1. The van der Waals surface area contributed by atoms with Gasteiger partial charge in [-0.15, -0.1) is 0 Å². The van der Waals surface area contributed by atoms with Gasteiger partial charge in [0.15, 0.2) is 5.96 Å². The Morgan fingerprint density at radius 2 is 2.19 bits per heavy atom. The molecule has 3 N–H and O–H groups in total. The van der Waals surface area contributed by atoms with Crippen LogP contribution in [-0.2, 0) is 6.42 Å². The molecule has 0 bridgehead atoms. The van der Waals surface area contributed by atoms with E-state index in [1.54, 1.807) is 0 Å². The van der Waals surface area contributed by atoms with Crippen LogP contribution >= 0.6 is 0 Å². The lowest BCUT2D eigenvalue weighted by molar-refractivity contribution is 0.765. The summed E-state index contributed by atoms with van der Waals surface area (Å²) >= 11 is 0. The molecule has 112 valence electrons. The quantitative estimate of drug-likeness (QED) is 0.584. The summed E-state index contributed by atoms with van der Waals surface area (Å²) in [6, 6.07) is 9.03. The van der Waals surface area contributed by atoms with Gasteiger partial charge in [-0.25, -0.2) is 0 Å². The molecule has 1 aromatic heterocycles. The predicted octanol–water partition coefficient (Wildman–Crippen LogP) is 2.67. The molecule has 1 fully saturated rings. The van der Waals surface area contributed by atoms with E-state index in [2.05, 4.69) is 59.9 Å². The first-order chi connectivity index (χ1) is 10.3. The van der Waals surface area contributed by atoms with Gasteiger partial charge in [0.25, 0.3) is 0 Å². The smallest absolute Gasteiger partial charge is 0.191 e. The maximum Gasteiger partial charge on any atom is 0.191 e. The number of para-hydroxylation sites is 1. The highest BCUT2D eigenvalue weighted by atomic mass is 15.2. The normalized spacial score (nSPS) is 21.5. The monoisotopic (exact) mass is 284 g/mol. The number of H-pyrrole nitrogens is 1. The van der Waals surface area contributed by atoms with Crippen LogP contribution < -0.4 is 10.6 Å². The number of fused-ring (bicyclic) bond motifs is 1. The second kappa shape index (κ2) is 6.20. The fourth-order valence-electron chi connectivity index (χ4n) is 2.65. The van der Waals surface area contributed by atoms with Crippen molar-refractivity contribution in [1.82, 2.24) is 15.6 Å². The average Bonchev–Trinajstić information content (AvgIpc) is 3.02. The fraction of sp³-hybridized carbons (Fsp3) is 0.471. The minimum absolute atomic E-state index is 0.607. The fourth-order valence-corrected chi connectivity index (χ4v) is 2.65. The zero-order valence-corrected chi connectivity index (χ0v) is 12.8. The maximum absolute atomic E-state index is 4.69. The van der Waals surface area contributed by atoms with Crippen LogP contribution in [0.25, 0.3) is 10.9 Å². The van der Waals surface area contributed by atoms with Gasteiger partial charge in [0.2, 0.25) is 0 Å². The largest absolute Gasteiger partial charge is 0.361 e. The number of hydrogen-bond donors (Lipinski definition) is 3. The minimum Gasteiger partial charge on any atom is -0.361 e. The molecule has 1 aliphatic carbocycles. The molecule has 0 amide bonds. The summed E-state index contributed by atoms with van der Waals surface area (Å²) in [5.74, 6) is 1.73. The number of guanidine groups is 1. The number of nitrogens with one attached hydrogen (secondary N) is 3. The topological polar surface area (TPSA) is 52.2 Å². The Hall–Kier alpha value is -1.97. The number of aromatic nitrogens is 1. The van der Waals surface area contributed by atoms with E-state index in [1.807, 2.05) is 0 Å². The predicted molar refractivity (Wildman–Crippen MR) is 88.7 cm³/mol. The molecule has 4 heteroatoms. The van der Waals surface area contributed by atoms with Gasteiger partial charge in [-0.3, -0.25) is 4.99 Å². The van der Waals surface area contributed by atoms with E-state index >= 15 is 0 Å². The van der Waals surface area contributed by atoms with E-state index < -0.39 is 0 Å². The van der Waals surface area contributed by atoms with Crippen LogP contribution in [0.1, 0.15) is 25.8 Å². The van der Waals surface area contributed by atoms with E-state index in [-0.39, 0.29) is 0 Å². The van der Waals surface area contributed by atoms with Crippen molar-refractivity contribution in [2.24, 2.45) is 10.9 Å². The SMILES string of the molecule is CCNC(=NCCc1c[nH]c2ccccc12)NC1CC1C. The first-order valence-electron chi connectivity index (χ1n) is 7.87. The lowest BCUT2D eigenvalue weighted by atomic mass is 10.1. The Morgan fingerprint density at radius 3 is 2.95 bits per heavy atom. The molecule has 0 aliphatic heterocycles. The van der Waals surface area contributed by atoms with Crippen LogP contribution in [0.3, 0.4) is 0 Å². The van der Waals surface area contributed by atoms with Gasteiger partial charge in [-0.2, -0.15) is 0 Å². The van der Waals surface area contributed by atoms with Crippen LogP contribution in [0.5, 0.6) is 0 Å². The van der Waals surface area contributed by atoms with Crippen molar-refractivity contribution in [2.75, 3.05) is 13.1 Å². The number of hydrogen-bond acceptors (Lipinski definition) is 1. The molecule has 0 saturated heterocycles. The molecule has 1 aromatic carbocycles. The molecular formula is C17H24N4. The summed E-state index contributed by atoms with van der Waals surface area (Å²) < 4.78 is 0. The molecule has 1 heterocycles. The zero-order chi connectivity index (χ0) is 14.7. The van der Waals surface area contributed by atoms with E-state index in [0.29, 0.717) is 6.04 Å². The Balaban J connectivity index is 1.61. The number of nitrogens with zero attached hydrogens (tertiary/aromatic N) is 1. The number of aliphatic imine (C=N–C) groups is 1. The molecule has 0 spiro atoms. The Bertz CT molecular complexity index is 629. The Morgan fingerprint density at radius 1 is 1.38 bits per heavy atom. The van der Waals surface area contributed by atoms with Crippen molar-refractivity contribution in [2.45, 2.75) is 32.7 Å². The van der Waals surface area contributed by atoms with Crippen LogP contribution in [0.15, 0.2) is 35.5 Å². The summed E-state index contributed by atoms with van der Waals surface area (Å²) in [6.07, 6.45) is 4.32. The number of rotatable bonds is 5. The summed E-state index contributed by atoms with van der Waals surface area (Å²) in [5.41, 5.74) is 2.54. The third-order valence-corrected chi connectivity index (χ3v) is 4.10. The highest BCUT2D eigenvalue weighted by Crippen LogP contribution is 2.28. The summed E-state index contributed by atoms with van der Waals surface area (Å²) in [6.45, 7) is 6.08. The highest BCUT2D eigenvalue weighted by Gasteiger charge is 2.33. The van der Waals surface area contributed by atoms with Gasteiger partial charge >= 0.3 is 0 Å². The number of benzene rings is 1. The second-order valence-electron chi connectivity index (χ2n) is 5.83. The lowest BCUT2D eigenvalue weighted by Crippen LogP contribution is -2.39. The average molecular weight is 284 g/mol. The van der Waals surface area contributed by atoms with Crippen molar-refractivity contribution >= 4 is 16.9 Å². The first kappa shape index (κ1) is 14.0. The van der Waals surface area contributed by atoms with E-state index in [1.165, 1.54) is 22.9 Å². The van der Waals surface area contributed by atoms with Gasteiger partial charge in [0.1, 0.15) is 0 Å². The van der Waals surface area contributed by atoms with Crippen molar-refractivity contribution in [1.29, 1.82) is 0 Å². The van der Waals surface area contributed by atoms with Crippen LogP contribution in [0, 0.1) is 5.92 Å². The first-order valence-corrected chi connectivity index (χ1v) is 7.87. The summed E-state index contributed by atoms with van der Waals surface area (Å²) in [4.78, 5) is 8.01. The molecule has 1 aliphatic rings. The Kier molecular flexibility index (Phi) is 4.13. The summed E-state index contributed by atoms with van der Waals surface area (Å²) in [7, 11) is 0. The third-order valence-electron chi connectivity index (χ3n) is 4.10. The highest BCUT2D eigenvalue weighted by molar-refractivity contribution is 5.83. The van der Waals surface area contributed by atoms with E-state index in [4.69, 9.17) is 4.99 Å². The molecule has 21 heavy (non-hydrogen) atoms. The molecule has 4 nitrogen and oxygen atoms in total. The van der Waals surface area contributed by atoms with E-state index in [9.17, 15) is 0 Å². The second-order valence-corrected chi connectivity index (χ2v) is 5.83. The van der Waals surface area contributed by atoms with Crippen molar-refractivity contribution < 1.29 is 0 Å². The van der Waals surface area contributed by atoms with Crippen LogP contribution in [-0.4, -0.2) is 30.1 Å². The van der Waals surface area contributed by atoms with Crippen LogP contribution in [0.4, 0.5) is 0 Å². The zero-order valence-electron chi connectivity index (χ0n) is 12.8. The van der Waals surface area contributed by atoms with Crippen LogP contribution in [0.2, 0.25) is 0 Å². The van der Waals surface area contributed by atoms with Gasteiger partial charge in [0.05, 0.1) is 0 Å². The van der Waals surface area contributed by atoms with Crippen molar-refractivity contribution in [3.63, 3.8) is 0 Å². The van der Waals surface area contributed by atoms with E-state index in [0.717, 1.165) is 31.4 Å². The maximum atomic E-state index is 4.69. The summed E-state index contributed by atoms with van der Waals surface area (Å²) in [5, 5.41) is 8.12. The molecule has 2 aromatic rings. The molecular weight excluding hydrogens is 260 g/mol. The lowest BCUT2D eigenvalue weighted by Gasteiger charge is -2.10. The van der Waals surface area contributed by atoms with Gasteiger partial charge < -0.3 is 15.6 Å². The van der Waals surface area contributed by atoms with Crippen molar-refractivity contribution in [3.05, 3.63) is 36.0 Å². The Labute approximate surface area is 126 Å². The third kappa shape index (κ3) is 3.38. The van der Waals surface area contributed by atoms with Gasteiger partial charge in [0, 0.05) is 36.2 Å².